The van der Waals surface area contributed by atoms with Gasteiger partial charge in [-0.1, -0.05) is 32.8 Å². The first-order valence-electron chi connectivity index (χ1n) is 8.85. The van der Waals surface area contributed by atoms with Crippen LogP contribution in [0, 0.1) is 17.8 Å². The van der Waals surface area contributed by atoms with E-state index in [1.54, 1.807) is 7.11 Å². The van der Waals surface area contributed by atoms with Crippen LogP contribution in [0.5, 0.6) is 5.75 Å². The first kappa shape index (κ1) is 15.6. The van der Waals surface area contributed by atoms with Gasteiger partial charge in [-0.2, -0.15) is 0 Å². The normalized spacial score (nSPS) is 30.6. The second kappa shape index (κ2) is 6.44. The van der Waals surface area contributed by atoms with Gasteiger partial charge in [-0.25, -0.2) is 0 Å². The number of rotatable bonds is 4. The molecule has 0 radical (unpaired) electrons. The molecule has 2 aliphatic carbocycles. The molecular formula is C20H28O2. The van der Waals surface area contributed by atoms with Crippen LogP contribution in [0.3, 0.4) is 0 Å². The van der Waals surface area contributed by atoms with Crippen molar-refractivity contribution in [3.63, 3.8) is 0 Å². The fourth-order valence-corrected chi connectivity index (χ4v) is 4.73. The third kappa shape index (κ3) is 2.68. The van der Waals surface area contributed by atoms with Gasteiger partial charge in [-0.15, -0.1) is 0 Å². The van der Waals surface area contributed by atoms with Gasteiger partial charge in [0.2, 0.25) is 0 Å². The van der Waals surface area contributed by atoms with E-state index in [9.17, 15) is 4.79 Å². The van der Waals surface area contributed by atoms with E-state index < -0.39 is 0 Å². The summed E-state index contributed by atoms with van der Waals surface area (Å²) in [4.78, 5) is 12.5. The van der Waals surface area contributed by atoms with E-state index in [0.29, 0.717) is 23.5 Å². The molecule has 1 aromatic rings. The van der Waals surface area contributed by atoms with E-state index in [2.05, 4.69) is 32.0 Å². The second-order valence-electron chi connectivity index (χ2n) is 7.14. The Bertz CT molecular complexity index is 549. The van der Waals surface area contributed by atoms with Crippen LogP contribution in [0.15, 0.2) is 18.2 Å². The number of hydrogen-bond donors (Lipinski definition) is 0. The smallest absolute Gasteiger partial charge is 0.136 e. The Balaban J connectivity index is 1.90. The first-order valence-corrected chi connectivity index (χ1v) is 8.85. The molecule has 1 saturated carbocycles. The molecule has 0 amide bonds. The fourth-order valence-electron chi connectivity index (χ4n) is 4.73. The Hall–Kier alpha value is -1.31. The van der Waals surface area contributed by atoms with Gasteiger partial charge in [0.05, 0.1) is 7.11 Å². The van der Waals surface area contributed by atoms with Crippen molar-refractivity contribution in [2.45, 2.75) is 58.3 Å². The van der Waals surface area contributed by atoms with E-state index in [4.69, 9.17) is 4.74 Å². The molecule has 22 heavy (non-hydrogen) atoms. The van der Waals surface area contributed by atoms with Crippen molar-refractivity contribution < 1.29 is 9.53 Å². The number of benzene rings is 1. The molecule has 0 N–H and O–H groups in total. The van der Waals surface area contributed by atoms with Crippen LogP contribution in [0.25, 0.3) is 0 Å². The molecule has 120 valence electrons. The molecular weight excluding hydrogens is 272 g/mol. The van der Waals surface area contributed by atoms with Crippen molar-refractivity contribution in [2.24, 2.45) is 17.8 Å². The number of aryl methyl sites for hydroxylation is 1. The number of carbonyl (C=O) groups is 1. The highest BCUT2D eigenvalue weighted by atomic mass is 16.5. The average molecular weight is 300 g/mol. The van der Waals surface area contributed by atoms with Gasteiger partial charge in [0.25, 0.3) is 0 Å². The first-order chi connectivity index (χ1) is 10.7. The minimum atomic E-state index is 0.257. The molecule has 0 unspecified atom stereocenters. The minimum Gasteiger partial charge on any atom is -0.497 e. The van der Waals surface area contributed by atoms with Crippen molar-refractivity contribution >= 4 is 5.78 Å². The van der Waals surface area contributed by atoms with Crippen LogP contribution in [-0.4, -0.2) is 12.9 Å². The molecule has 0 spiro atoms. The van der Waals surface area contributed by atoms with Crippen LogP contribution in [0.2, 0.25) is 0 Å². The zero-order chi connectivity index (χ0) is 15.7. The van der Waals surface area contributed by atoms with Crippen molar-refractivity contribution in [3.8, 4) is 5.75 Å². The molecule has 0 bridgehead atoms. The number of methoxy groups -OCH3 is 1. The van der Waals surface area contributed by atoms with Crippen molar-refractivity contribution in [3.05, 3.63) is 29.3 Å². The summed E-state index contributed by atoms with van der Waals surface area (Å²) in [5.41, 5.74) is 2.82. The van der Waals surface area contributed by atoms with Crippen molar-refractivity contribution in [1.82, 2.24) is 0 Å². The fraction of sp³-hybridized carbons (Fsp3) is 0.650. The lowest BCUT2D eigenvalue weighted by atomic mass is 9.59. The van der Waals surface area contributed by atoms with E-state index in [0.717, 1.165) is 18.6 Å². The van der Waals surface area contributed by atoms with Crippen LogP contribution < -0.4 is 4.74 Å². The summed E-state index contributed by atoms with van der Waals surface area (Å²) in [5, 5.41) is 0. The van der Waals surface area contributed by atoms with Crippen LogP contribution in [-0.2, 0) is 11.2 Å². The van der Waals surface area contributed by atoms with Crippen LogP contribution in [0.1, 0.15) is 63.0 Å². The van der Waals surface area contributed by atoms with Gasteiger partial charge in [0.1, 0.15) is 11.5 Å². The number of fused-ring (bicyclic) bond motifs is 3. The molecule has 0 aliphatic heterocycles. The highest BCUT2D eigenvalue weighted by molar-refractivity contribution is 5.83. The van der Waals surface area contributed by atoms with Crippen LogP contribution >= 0.6 is 0 Å². The molecule has 2 heteroatoms. The van der Waals surface area contributed by atoms with Gasteiger partial charge in [0, 0.05) is 12.3 Å². The number of Topliss-reactive ketones (excluding diaryl/α,β-unsaturated/α-hetero) is 1. The zero-order valence-corrected chi connectivity index (χ0v) is 14.1. The molecule has 1 aromatic carbocycles. The van der Waals surface area contributed by atoms with Gasteiger partial charge < -0.3 is 4.74 Å². The lowest BCUT2D eigenvalue weighted by Crippen LogP contribution is -2.40. The Morgan fingerprint density at radius 3 is 2.86 bits per heavy atom. The molecule has 3 rings (SSSR count). The molecule has 0 heterocycles. The topological polar surface area (TPSA) is 26.3 Å². The largest absolute Gasteiger partial charge is 0.497 e. The Morgan fingerprint density at radius 2 is 2.14 bits per heavy atom. The molecule has 1 fully saturated rings. The predicted octanol–water partition coefficient (Wildman–Crippen LogP) is 4.76. The zero-order valence-electron chi connectivity index (χ0n) is 14.1. The van der Waals surface area contributed by atoms with Gasteiger partial charge in [0.15, 0.2) is 0 Å². The summed E-state index contributed by atoms with van der Waals surface area (Å²) in [6, 6.07) is 6.45. The lowest BCUT2D eigenvalue weighted by molar-refractivity contribution is -0.129. The van der Waals surface area contributed by atoms with Crippen molar-refractivity contribution in [1.29, 1.82) is 0 Å². The standard InChI is InChI=1S/C20H28O2/c1-4-5-6-16-13(2)20(21)12-19-17-10-8-15(22-3)11-14(17)7-9-18(16)19/h8,10-11,13,16,18-19H,4-7,9,12H2,1-3H3/t13-,16-,18-,19+/m0/s1. The van der Waals surface area contributed by atoms with Crippen LogP contribution in [0.4, 0.5) is 0 Å². The number of hydrogen-bond acceptors (Lipinski definition) is 2. The van der Waals surface area contributed by atoms with E-state index >= 15 is 0 Å². The number of ketones is 1. The van der Waals surface area contributed by atoms with Gasteiger partial charge >= 0.3 is 0 Å². The molecule has 0 saturated heterocycles. The Labute approximate surface area is 134 Å². The lowest BCUT2D eigenvalue weighted by Gasteiger charge is -2.45. The van der Waals surface area contributed by atoms with Gasteiger partial charge in [-0.05, 0) is 60.3 Å². The number of ether oxygens (including phenoxy) is 1. The maximum atomic E-state index is 12.5. The summed E-state index contributed by atoms with van der Waals surface area (Å²) in [7, 11) is 1.72. The summed E-state index contributed by atoms with van der Waals surface area (Å²) in [6.45, 7) is 4.41. The SMILES string of the molecule is CCCC[C@@H]1[C@@H]2CCc3cc(OC)ccc3[C@H]2CC(=O)[C@H]1C. The molecule has 0 aromatic heterocycles. The quantitative estimate of drug-likeness (QED) is 0.801. The molecule has 4 atom stereocenters. The Morgan fingerprint density at radius 1 is 1.32 bits per heavy atom. The minimum absolute atomic E-state index is 0.257. The monoisotopic (exact) mass is 300 g/mol. The average Bonchev–Trinajstić information content (AvgIpc) is 2.54. The van der Waals surface area contributed by atoms with E-state index in [-0.39, 0.29) is 5.92 Å². The van der Waals surface area contributed by atoms with E-state index in [1.165, 1.54) is 36.8 Å². The summed E-state index contributed by atoms with van der Waals surface area (Å²) >= 11 is 0. The number of carbonyl (C=O) groups excluding carboxylic acids is 1. The van der Waals surface area contributed by atoms with Crippen molar-refractivity contribution in [2.75, 3.05) is 7.11 Å². The number of unbranched alkanes of at least 4 members (excludes halogenated alkanes) is 1. The van der Waals surface area contributed by atoms with E-state index in [1.807, 2.05) is 0 Å². The summed E-state index contributed by atoms with van der Waals surface area (Å²) in [6.07, 6.45) is 6.81. The summed E-state index contributed by atoms with van der Waals surface area (Å²) in [5.74, 6) is 3.40. The van der Waals surface area contributed by atoms with Gasteiger partial charge in [-0.3, -0.25) is 4.79 Å². The maximum absolute atomic E-state index is 12.5. The predicted molar refractivity (Wildman–Crippen MR) is 89.3 cm³/mol. The molecule has 2 nitrogen and oxygen atoms in total. The summed E-state index contributed by atoms with van der Waals surface area (Å²) < 4.78 is 5.36. The highest BCUT2D eigenvalue weighted by Crippen LogP contribution is 2.50. The Kier molecular flexibility index (Phi) is 4.56. The molecule has 2 aliphatic rings. The second-order valence-corrected chi connectivity index (χ2v) is 7.14. The third-order valence-electron chi connectivity index (χ3n) is 6.03. The highest BCUT2D eigenvalue weighted by Gasteiger charge is 2.44. The third-order valence-corrected chi connectivity index (χ3v) is 6.03. The maximum Gasteiger partial charge on any atom is 0.136 e.